The van der Waals surface area contributed by atoms with Gasteiger partial charge < -0.3 is 14.2 Å². The van der Waals surface area contributed by atoms with Gasteiger partial charge >= 0.3 is 17.9 Å². The summed E-state index contributed by atoms with van der Waals surface area (Å²) in [6.45, 7) is 6.37. The summed E-state index contributed by atoms with van der Waals surface area (Å²) < 4.78 is 16.9. The monoisotopic (exact) mass is 1150 g/mol. The molecular weight excluding hydrogens is 1020 g/mol. The van der Waals surface area contributed by atoms with E-state index in [9.17, 15) is 14.4 Å². The highest BCUT2D eigenvalue weighted by Crippen LogP contribution is 2.17. The smallest absolute Gasteiger partial charge is 0.306 e. The van der Waals surface area contributed by atoms with Crippen molar-refractivity contribution in [3.8, 4) is 0 Å². The Morgan fingerprint density at radius 1 is 0.253 bits per heavy atom. The van der Waals surface area contributed by atoms with Crippen LogP contribution < -0.4 is 0 Å². The molecule has 0 bridgehead atoms. The molecule has 6 nitrogen and oxygen atoms in total. The molecular formula is C77H130O6. The van der Waals surface area contributed by atoms with Gasteiger partial charge in [-0.2, -0.15) is 0 Å². The highest BCUT2D eigenvalue weighted by molar-refractivity contribution is 5.71. The molecule has 0 heterocycles. The standard InChI is InChI=1S/C77H130O6/c1-4-7-10-13-16-19-22-25-27-29-31-32-33-34-35-36-37-38-39-40-41-42-43-44-46-47-49-52-55-58-61-64-67-70-76(79)82-73-74(72-81-75(78)69-66-63-60-57-54-51-24-21-18-15-12-9-6-3)83-77(80)71-68-65-62-59-56-53-50-48-45-30-28-26-23-20-17-14-11-8-5-2/h7,9-10,12,16,18-19,21,25-28,31-32,34-35,51,54,60,63,74H,4-6,8,11,13-15,17,20,22-24,29-30,33,36-50,52-53,55-59,61-62,64-73H2,1-3H3/b10-7-,12-9-,19-16-,21-18-,27-25-,28-26-,32-31-,35-34-,54-51-,63-60-. The zero-order valence-corrected chi connectivity index (χ0v) is 54.4. The minimum Gasteiger partial charge on any atom is -0.462 e. The van der Waals surface area contributed by atoms with E-state index in [1.165, 1.54) is 186 Å². The predicted octanol–water partition coefficient (Wildman–Crippen LogP) is 24.3. The van der Waals surface area contributed by atoms with Crippen LogP contribution in [0.15, 0.2) is 122 Å². The Morgan fingerprint density at radius 2 is 0.494 bits per heavy atom. The minimum absolute atomic E-state index is 0.0995. The summed E-state index contributed by atoms with van der Waals surface area (Å²) in [5, 5.41) is 0. The third-order valence-corrected chi connectivity index (χ3v) is 14.9. The average molecular weight is 1150 g/mol. The number of carbonyl (C=O) groups is 3. The number of rotatable bonds is 63. The molecule has 6 heteroatoms. The summed E-state index contributed by atoms with van der Waals surface area (Å²) in [4.78, 5) is 38.3. The van der Waals surface area contributed by atoms with Crippen molar-refractivity contribution < 1.29 is 28.6 Å². The summed E-state index contributed by atoms with van der Waals surface area (Å²) in [6, 6.07) is 0. The number of allylic oxidation sites excluding steroid dienone is 20. The molecule has 1 unspecified atom stereocenters. The minimum atomic E-state index is -0.810. The molecule has 0 amide bonds. The number of carbonyl (C=O) groups excluding carboxylic acids is 3. The van der Waals surface area contributed by atoms with E-state index >= 15 is 0 Å². The third-order valence-electron chi connectivity index (χ3n) is 14.9. The maximum Gasteiger partial charge on any atom is 0.306 e. The van der Waals surface area contributed by atoms with Crippen molar-refractivity contribution in [1.82, 2.24) is 0 Å². The topological polar surface area (TPSA) is 78.9 Å². The first-order chi connectivity index (χ1) is 41.0. The van der Waals surface area contributed by atoms with E-state index in [0.29, 0.717) is 19.3 Å². The van der Waals surface area contributed by atoms with Crippen LogP contribution in [0.3, 0.4) is 0 Å². The average Bonchev–Trinajstić information content (AvgIpc) is 3.49. The van der Waals surface area contributed by atoms with E-state index in [0.717, 1.165) is 96.3 Å². The first-order valence-electron chi connectivity index (χ1n) is 35.0. The molecule has 474 valence electrons. The second kappa shape index (κ2) is 70.3. The van der Waals surface area contributed by atoms with Crippen molar-refractivity contribution in [2.45, 2.75) is 335 Å². The van der Waals surface area contributed by atoms with Crippen LogP contribution in [0.2, 0.25) is 0 Å². The van der Waals surface area contributed by atoms with Crippen LogP contribution in [0.1, 0.15) is 329 Å². The molecule has 0 saturated carbocycles. The molecule has 0 spiro atoms. The predicted molar refractivity (Wildman–Crippen MR) is 362 cm³/mol. The van der Waals surface area contributed by atoms with Crippen molar-refractivity contribution in [3.63, 3.8) is 0 Å². The molecule has 0 aliphatic rings. The molecule has 0 radical (unpaired) electrons. The Morgan fingerprint density at radius 3 is 0.819 bits per heavy atom. The van der Waals surface area contributed by atoms with Crippen LogP contribution in [0.5, 0.6) is 0 Å². The van der Waals surface area contributed by atoms with Gasteiger partial charge in [0.05, 0.1) is 0 Å². The molecule has 83 heavy (non-hydrogen) atoms. The van der Waals surface area contributed by atoms with Gasteiger partial charge in [-0.15, -0.1) is 0 Å². The van der Waals surface area contributed by atoms with Gasteiger partial charge in [-0.25, -0.2) is 0 Å². The van der Waals surface area contributed by atoms with Gasteiger partial charge in [0.2, 0.25) is 0 Å². The van der Waals surface area contributed by atoms with Crippen molar-refractivity contribution in [3.05, 3.63) is 122 Å². The van der Waals surface area contributed by atoms with Gasteiger partial charge in [-0.1, -0.05) is 316 Å². The molecule has 0 aromatic heterocycles. The number of ether oxygens (including phenoxy) is 3. The van der Waals surface area contributed by atoms with Gasteiger partial charge in [0.25, 0.3) is 0 Å². The molecule has 0 saturated heterocycles. The van der Waals surface area contributed by atoms with E-state index in [4.69, 9.17) is 14.2 Å². The zero-order chi connectivity index (χ0) is 59.9. The Bertz CT molecular complexity index is 1700. The van der Waals surface area contributed by atoms with E-state index in [1.54, 1.807) is 0 Å². The van der Waals surface area contributed by atoms with Gasteiger partial charge in [-0.3, -0.25) is 14.4 Å². The molecule has 0 rings (SSSR count). The quantitative estimate of drug-likeness (QED) is 0.0261. The van der Waals surface area contributed by atoms with Gasteiger partial charge in [0.1, 0.15) is 13.2 Å². The number of unbranched alkanes of at least 4 members (excludes halogenated alkanes) is 32. The second-order valence-corrected chi connectivity index (χ2v) is 23.0. The van der Waals surface area contributed by atoms with Crippen LogP contribution in [0, 0.1) is 0 Å². The molecule has 0 fully saturated rings. The van der Waals surface area contributed by atoms with Crippen LogP contribution in [0.4, 0.5) is 0 Å². The summed E-state index contributed by atoms with van der Waals surface area (Å²) in [6.07, 6.45) is 98.2. The fourth-order valence-corrected chi connectivity index (χ4v) is 9.77. The van der Waals surface area contributed by atoms with Gasteiger partial charge in [0.15, 0.2) is 6.10 Å². The van der Waals surface area contributed by atoms with Crippen molar-refractivity contribution in [1.29, 1.82) is 0 Å². The molecule has 1 atom stereocenters. The lowest BCUT2D eigenvalue weighted by atomic mass is 10.0. The second-order valence-electron chi connectivity index (χ2n) is 23.0. The maximum absolute atomic E-state index is 12.9. The van der Waals surface area contributed by atoms with Crippen molar-refractivity contribution >= 4 is 17.9 Å². The fraction of sp³-hybridized carbons (Fsp3) is 0.701. The van der Waals surface area contributed by atoms with Crippen molar-refractivity contribution in [2.75, 3.05) is 13.2 Å². The van der Waals surface area contributed by atoms with E-state index in [-0.39, 0.29) is 37.5 Å². The van der Waals surface area contributed by atoms with Crippen LogP contribution in [-0.2, 0) is 28.6 Å². The summed E-state index contributed by atoms with van der Waals surface area (Å²) in [5.41, 5.74) is 0. The molecule has 0 aliphatic carbocycles. The fourth-order valence-electron chi connectivity index (χ4n) is 9.77. The maximum atomic E-state index is 12.9. The summed E-state index contributed by atoms with van der Waals surface area (Å²) in [7, 11) is 0. The van der Waals surface area contributed by atoms with Crippen molar-refractivity contribution in [2.24, 2.45) is 0 Å². The Labute approximate surface area is 513 Å². The first-order valence-corrected chi connectivity index (χ1v) is 35.0. The summed E-state index contributed by atoms with van der Waals surface area (Å²) >= 11 is 0. The van der Waals surface area contributed by atoms with Crippen LogP contribution in [-0.4, -0.2) is 37.2 Å². The SMILES string of the molecule is CC/C=C\C/C=C\C/C=C\C/C=C\C/C=C\CCCCCCCCCCCCCCCCCCCC(=O)OCC(COC(=O)CC/C=C\C/C=C\C/C=C\C/C=C\CC)OC(=O)CCCCCCCCCCC/C=C\CCCCCCCC. The molecule has 0 N–H and O–H groups in total. The largest absolute Gasteiger partial charge is 0.462 e. The van der Waals surface area contributed by atoms with E-state index in [1.807, 2.05) is 6.08 Å². The zero-order valence-electron chi connectivity index (χ0n) is 54.4. The lowest BCUT2D eigenvalue weighted by Gasteiger charge is -2.18. The van der Waals surface area contributed by atoms with Crippen LogP contribution >= 0.6 is 0 Å². The highest BCUT2D eigenvalue weighted by atomic mass is 16.6. The Balaban J connectivity index is 4.22. The lowest BCUT2D eigenvalue weighted by Crippen LogP contribution is -2.30. The number of hydrogen-bond donors (Lipinski definition) is 0. The Kier molecular flexibility index (Phi) is 66.7. The first kappa shape index (κ1) is 78.8. The highest BCUT2D eigenvalue weighted by Gasteiger charge is 2.19. The van der Waals surface area contributed by atoms with E-state index < -0.39 is 6.10 Å². The van der Waals surface area contributed by atoms with Gasteiger partial charge in [0, 0.05) is 19.3 Å². The molecule has 0 aromatic carbocycles. The normalized spacial score (nSPS) is 12.9. The Hall–Kier alpha value is -4.19. The molecule has 0 aromatic rings. The van der Waals surface area contributed by atoms with Gasteiger partial charge in [-0.05, 0) is 116 Å². The molecule has 0 aliphatic heterocycles. The number of esters is 3. The lowest BCUT2D eigenvalue weighted by molar-refractivity contribution is -0.166. The number of hydrogen-bond acceptors (Lipinski definition) is 6. The third kappa shape index (κ3) is 68.5. The van der Waals surface area contributed by atoms with E-state index in [2.05, 4.69) is 136 Å². The van der Waals surface area contributed by atoms with Crippen LogP contribution in [0.25, 0.3) is 0 Å². The summed E-state index contributed by atoms with van der Waals surface area (Å²) in [5.74, 6) is -0.976.